The molecule has 2 heterocycles. The van der Waals surface area contributed by atoms with Crippen LogP contribution in [-0.4, -0.2) is 19.8 Å². The van der Waals surface area contributed by atoms with E-state index in [1.54, 1.807) is 12.1 Å². The van der Waals surface area contributed by atoms with Gasteiger partial charge in [-0.25, -0.2) is 4.39 Å². The average molecular weight is 364 g/mol. The molecule has 9 heteroatoms. The van der Waals surface area contributed by atoms with Gasteiger partial charge in [0.15, 0.2) is 5.82 Å². The molecular formula is C16H8F4N4S. The van der Waals surface area contributed by atoms with E-state index in [9.17, 15) is 17.6 Å². The van der Waals surface area contributed by atoms with Crippen molar-refractivity contribution in [3.05, 3.63) is 59.9 Å². The number of rotatable bonds is 2. The molecule has 0 atom stereocenters. The van der Waals surface area contributed by atoms with E-state index >= 15 is 0 Å². The van der Waals surface area contributed by atoms with Crippen molar-refractivity contribution in [1.29, 1.82) is 0 Å². The maximum absolute atomic E-state index is 13.4. The molecular weight excluding hydrogens is 356 g/mol. The average Bonchev–Trinajstić information content (AvgIpc) is 3.14. The molecule has 0 saturated heterocycles. The van der Waals surface area contributed by atoms with Crippen molar-refractivity contribution < 1.29 is 17.6 Å². The van der Waals surface area contributed by atoms with E-state index in [1.807, 2.05) is 0 Å². The fourth-order valence-corrected chi connectivity index (χ4v) is 3.21. The quantitative estimate of drug-likeness (QED) is 0.485. The van der Waals surface area contributed by atoms with E-state index in [2.05, 4.69) is 15.3 Å². The summed E-state index contributed by atoms with van der Waals surface area (Å²) in [4.78, 5) is 0.409. The van der Waals surface area contributed by atoms with E-state index in [-0.39, 0.29) is 0 Å². The molecule has 4 aromatic rings. The van der Waals surface area contributed by atoms with E-state index in [1.165, 1.54) is 28.8 Å². The minimum absolute atomic E-state index is 0.323. The van der Waals surface area contributed by atoms with Crippen LogP contribution in [0.3, 0.4) is 0 Å². The number of fused-ring (bicyclic) bond motifs is 1. The molecule has 0 radical (unpaired) electrons. The highest BCUT2D eigenvalue weighted by molar-refractivity contribution is 7.19. The molecule has 0 fully saturated rings. The molecule has 126 valence electrons. The zero-order valence-electron chi connectivity index (χ0n) is 12.3. The molecule has 0 bridgehead atoms. The standard InChI is InChI=1S/C16H8F4N4S/c17-12-6-2-3-9(8-12)13-21-22-15-24(13)23-14(25-15)10-4-1-5-11(7-10)16(18,19)20/h1-8H. The third-order valence-electron chi connectivity index (χ3n) is 3.51. The topological polar surface area (TPSA) is 43.1 Å². The van der Waals surface area contributed by atoms with Gasteiger partial charge in [-0.15, -0.1) is 10.2 Å². The monoisotopic (exact) mass is 364 g/mol. The minimum Gasteiger partial charge on any atom is -0.207 e. The Labute approximate surface area is 142 Å². The zero-order chi connectivity index (χ0) is 17.6. The number of aromatic nitrogens is 4. The van der Waals surface area contributed by atoms with Crippen molar-refractivity contribution in [2.24, 2.45) is 0 Å². The first kappa shape index (κ1) is 15.7. The van der Waals surface area contributed by atoms with Gasteiger partial charge in [-0.3, -0.25) is 0 Å². The smallest absolute Gasteiger partial charge is 0.207 e. The Morgan fingerprint density at radius 2 is 1.68 bits per heavy atom. The summed E-state index contributed by atoms with van der Waals surface area (Å²) in [5, 5.41) is 12.6. The SMILES string of the molecule is Fc1cccc(-c2nnc3sc(-c4cccc(C(F)(F)F)c4)nn23)c1. The molecule has 0 aliphatic heterocycles. The van der Waals surface area contributed by atoms with Crippen LogP contribution in [0.25, 0.3) is 26.9 Å². The van der Waals surface area contributed by atoms with Gasteiger partial charge in [0.05, 0.1) is 5.56 Å². The van der Waals surface area contributed by atoms with Gasteiger partial charge in [-0.2, -0.15) is 22.8 Å². The Bertz CT molecular complexity index is 1070. The van der Waals surface area contributed by atoms with E-state index in [0.717, 1.165) is 23.5 Å². The van der Waals surface area contributed by atoms with Crippen LogP contribution in [0.5, 0.6) is 0 Å². The Hall–Kier alpha value is -2.81. The van der Waals surface area contributed by atoms with Crippen molar-refractivity contribution >= 4 is 16.3 Å². The van der Waals surface area contributed by atoms with Crippen molar-refractivity contribution in [3.63, 3.8) is 0 Å². The fraction of sp³-hybridized carbons (Fsp3) is 0.0625. The zero-order valence-corrected chi connectivity index (χ0v) is 13.1. The maximum atomic E-state index is 13.4. The van der Waals surface area contributed by atoms with Gasteiger partial charge in [0.1, 0.15) is 10.8 Å². The molecule has 4 rings (SSSR count). The van der Waals surface area contributed by atoms with Gasteiger partial charge in [0.25, 0.3) is 0 Å². The number of hydrogen-bond acceptors (Lipinski definition) is 4. The normalized spacial score (nSPS) is 12.0. The lowest BCUT2D eigenvalue weighted by Crippen LogP contribution is -2.04. The maximum Gasteiger partial charge on any atom is 0.416 e. The summed E-state index contributed by atoms with van der Waals surface area (Å²) < 4.78 is 53.4. The Balaban J connectivity index is 1.81. The molecule has 2 aromatic carbocycles. The molecule has 0 spiro atoms. The molecule has 0 N–H and O–H groups in total. The van der Waals surface area contributed by atoms with E-state index in [0.29, 0.717) is 26.9 Å². The second-order valence-electron chi connectivity index (χ2n) is 5.21. The van der Waals surface area contributed by atoms with Crippen LogP contribution in [0.15, 0.2) is 48.5 Å². The number of alkyl halides is 3. The first-order chi connectivity index (χ1) is 11.9. The Morgan fingerprint density at radius 1 is 0.920 bits per heavy atom. The molecule has 25 heavy (non-hydrogen) atoms. The van der Waals surface area contributed by atoms with Gasteiger partial charge in [0, 0.05) is 11.1 Å². The molecule has 2 aromatic heterocycles. The van der Waals surface area contributed by atoms with Crippen LogP contribution in [0, 0.1) is 5.82 Å². The lowest BCUT2D eigenvalue weighted by Gasteiger charge is -2.06. The summed E-state index contributed by atoms with van der Waals surface area (Å²) in [6.45, 7) is 0. The highest BCUT2D eigenvalue weighted by Crippen LogP contribution is 2.34. The van der Waals surface area contributed by atoms with Crippen molar-refractivity contribution in [1.82, 2.24) is 19.8 Å². The van der Waals surface area contributed by atoms with E-state index < -0.39 is 17.6 Å². The number of halogens is 4. The van der Waals surface area contributed by atoms with Crippen molar-refractivity contribution in [2.45, 2.75) is 6.18 Å². The van der Waals surface area contributed by atoms with Crippen LogP contribution in [0.4, 0.5) is 17.6 Å². The molecule has 0 amide bonds. The summed E-state index contributed by atoms with van der Waals surface area (Å²) in [7, 11) is 0. The second-order valence-corrected chi connectivity index (χ2v) is 6.17. The largest absolute Gasteiger partial charge is 0.416 e. The highest BCUT2D eigenvalue weighted by Gasteiger charge is 2.30. The van der Waals surface area contributed by atoms with Crippen LogP contribution < -0.4 is 0 Å². The van der Waals surface area contributed by atoms with Crippen LogP contribution in [0.2, 0.25) is 0 Å². The predicted molar refractivity (Wildman–Crippen MR) is 84.5 cm³/mol. The predicted octanol–water partition coefficient (Wildman–Crippen LogP) is 4.68. The minimum atomic E-state index is -4.43. The third kappa shape index (κ3) is 2.86. The first-order valence-corrected chi connectivity index (χ1v) is 7.89. The second kappa shape index (κ2) is 5.62. The van der Waals surface area contributed by atoms with Gasteiger partial charge in [-0.05, 0) is 24.3 Å². The van der Waals surface area contributed by atoms with Gasteiger partial charge >= 0.3 is 6.18 Å². The van der Waals surface area contributed by atoms with Crippen LogP contribution in [0.1, 0.15) is 5.56 Å². The lowest BCUT2D eigenvalue weighted by atomic mass is 10.1. The molecule has 0 aliphatic rings. The Kier molecular flexibility index (Phi) is 3.53. The molecule has 0 aliphatic carbocycles. The summed E-state index contributed by atoms with van der Waals surface area (Å²) >= 11 is 1.11. The number of nitrogens with zero attached hydrogens (tertiary/aromatic N) is 4. The van der Waals surface area contributed by atoms with Crippen molar-refractivity contribution in [2.75, 3.05) is 0 Å². The number of hydrogen-bond donors (Lipinski definition) is 0. The summed E-state index contributed by atoms with van der Waals surface area (Å²) in [6, 6.07) is 10.7. The van der Waals surface area contributed by atoms with Gasteiger partial charge in [0.2, 0.25) is 4.96 Å². The van der Waals surface area contributed by atoms with Crippen molar-refractivity contribution in [3.8, 4) is 22.0 Å². The third-order valence-corrected chi connectivity index (χ3v) is 4.46. The van der Waals surface area contributed by atoms with Crippen LogP contribution >= 0.6 is 11.3 Å². The summed E-state index contributed by atoms with van der Waals surface area (Å²) in [6.07, 6.45) is -4.43. The van der Waals surface area contributed by atoms with Gasteiger partial charge < -0.3 is 0 Å². The first-order valence-electron chi connectivity index (χ1n) is 7.07. The summed E-state index contributed by atoms with van der Waals surface area (Å²) in [5.41, 5.74) is 0.0604. The molecule has 4 nitrogen and oxygen atoms in total. The highest BCUT2D eigenvalue weighted by atomic mass is 32.1. The summed E-state index contributed by atoms with van der Waals surface area (Å²) in [5.74, 6) is -0.105. The molecule has 0 unspecified atom stereocenters. The molecule has 0 saturated carbocycles. The van der Waals surface area contributed by atoms with E-state index in [4.69, 9.17) is 0 Å². The van der Waals surface area contributed by atoms with Crippen LogP contribution in [-0.2, 0) is 6.18 Å². The van der Waals surface area contributed by atoms with Gasteiger partial charge in [-0.1, -0.05) is 35.6 Å². The fourth-order valence-electron chi connectivity index (χ4n) is 2.37. The number of benzene rings is 2. The Morgan fingerprint density at radius 3 is 2.44 bits per heavy atom. The lowest BCUT2D eigenvalue weighted by molar-refractivity contribution is -0.137.